The van der Waals surface area contributed by atoms with Crippen LogP contribution in [0.15, 0.2) is 12.1 Å². The van der Waals surface area contributed by atoms with Crippen LogP contribution in [0.1, 0.15) is 42.6 Å². The molecule has 0 aromatic heterocycles. The fourth-order valence-electron chi connectivity index (χ4n) is 1.65. The largest absolute Gasteiger partial charge is 0.462 e. The number of benzene rings is 1. The highest BCUT2D eigenvalue weighted by Gasteiger charge is 2.21. The summed E-state index contributed by atoms with van der Waals surface area (Å²) in [6.07, 6.45) is 2.06. The highest BCUT2D eigenvalue weighted by Crippen LogP contribution is 2.30. The van der Waals surface area contributed by atoms with Gasteiger partial charge in [-0.25, -0.2) is 4.79 Å². The van der Waals surface area contributed by atoms with E-state index in [9.17, 15) is 14.9 Å². The van der Waals surface area contributed by atoms with Crippen LogP contribution in [-0.2, 0) is 11.2 Å². The minimum Gasteiger partial charge on any atom is -0.462 e. The molecule has 0 saturated carbocycles. The number of aryl methyl sites for hydroxylation is 1. The van der Waals surface area contributed by atoms with E-state index in [1.54, 1.807) is 6.07 Å². The number of ether oxygens (including phenoxy) is 1. The second-order valence-electron chi connectivity index (χ2n) is 4.11. The second-order valence-corrected chi connectivity index (χ2v) is 4.49. The molecule has 1 aromatic rings. The number of rotatable bonds is 6. The SMILES string of the molecule is CCCOC(=O)c1cc(CCC)c(Cl)c([N+](=O)[O-])c1. The van der Waals surface area contributed by atoms with Crippen LogP contribution < -0.4 is 0 Å². The van der Waals surface area contributed by atoms with Crippen molar-refractivity contribution in [2.45, 2.75) is 33.1 Å². The zero-order valence-electron chi connectivity index (χ0n) is 10.9. The fraction of sp³-hybridized carbons (Fsp3) is 0.462. The van der Waals surface area contributed by atoms with E-state index in [1.165, 1.54) is 6.07 Å². The summed E-state index contributed by atoms with van der Waals surface area (Å²) in [6.45, 7) is 4.10. The number of hydrogen-bond donors (Lipinski definition) is 0. The molecular weight excluding hydrogens is 270 g/mol. The third-order valence-corrected chi connectivity index (χ3v) is 2.95. The molecule has 0 aliphatic heterocycles. The molecule has 0 aliphatic rings. The van der Waals surface area contributed by atoms with Crippen molar-refractivity contribution >= 4 is 23.3 Å². The first-order valence-corrected chi connectivity index (χ1v) is 6.53. The van der Waals surface area contributed by atoms with Crippen molar-refractivity contribution in [1.29, 1.82) is 0 Å². The van der Waals surface area contributed by atoms with Gasteiger partial charge in [0.25, 0.3) is 5.69 Å². The van der Waals surface area contributed by atoms with Crippen molar-refractivity contribution in [3.63, 3.8) is 0 Å². The number of nitrogens with zero attached hydrogens (tertiary/aromatic N) is 1. The normalized spacial score (nSPS) is 10.3. The lowest BCUT2D eigenvalue weighted by molar-refractivity contribution is -0.384. The third-order valence-electron chi connectivity index (χ3n) is 2.52. The molecule has 1 rings (SSSR count). The lowest BCUT2D eigenvalue weighted by atomic mass is 10.1. The fourth-order valence-corrected chi connectivity index (χ4v) is 1.92. The molecule has 19 heavy (non-hydrogen) atoms. The Morgan fingerprint density at radius 2 is 2.05 bits per heavy atom. The average molecular weight is 286 g/mol. The summed E-state index contributed by atoms with van der Waals surface area (Å²) >= 11 is 5.97. The minimum atomic E-state index is -0.585. The van der Waals surface area contributed by atoms with E-state index in [2.05, 4.69) is 0 Å². The number of nitro benzene ring substituents is 1. The molecule has 0 unspecified atom stereocenters. The Balaban J connectivity index is 3.18. The van der Waals surface area contributed by atoms with Gasteiger partial charge in [-0.1, -0.05) is 31.9 Å². The van der Waals surface area contributed by atoms with E-state index in [0.717, 1.165) is 6.42 Å². The van der Waals surface area contributed by atoms with Gasteiger partial charge in [0.05, 0.1) is 17.1 Å². The molecule has 0 spiro atoms. The Morgan fingerprint density at radius 1 is 1.37 bits per heavy atom. The summed E-state index contributed by atoms with van der Waals surface area (Å²) in [5.74, 6) is -0.557. The zero-order valence-corrected chi connectivity index (χ0v) is 11.7. The Bertz CT molecular complexity index is 488. The monoisotopic (exact) mass is 285 g/mol. The Kier molecular flexibility index (Phi) is 5.76. The molecule has 0 saturated heterocycles. The number of esters is 1. The van der Waals surface area contributed by atoms with Gasteiger partial charge in [-0.05, 0) is 24.5 Å². The van der Waals surface area contributed by atoms with E-state index in [4.69, 9.17) is 16.3 Å². The van der Waals surface area contributed by atoms with Gasteiger partial charge in [-0.2, -0.15) is 0 Å². The van der Waals surface area contributed by atoms with Gasteiger partial charge in [0.1, 0.15) is 5.02 Å². The van der Waals surface area contributed by atoms with Crippen molar-refractivity contribution in [3.05, 3.63) is 38.4 Å². The molecule has 1 aromatic carbocycles. The van der Waals surface area contributed by atoms with Gasteiger partial charge in [0, 0.05) is 6.07 Å². The topological polar surface area (TPSA) is 69.4 Å². The average Bonchev–Trinajstić information content (AvgIpc) is 2.38. The first-order valence-electron chi connectivity index (χ1n) is 6.15. The van der Waals surface area contributed by atoms with Crippen molar-refractivity contribution in [1.82, 2.24) is 0 Å². The first-order chi connectivity index (χ1) is 9.01. The second kappa shape index (κ2) is 7.09. The molecule has 0 aliphatic carbocycles. The van der Waals surface area contributed by atoms with Crippen molar-refractivity contribution in [2.24, 2.45) is 0 Å². The molecule has 0 bridgehead atoms. The van der Waals surface area contributed by atoms with Crippen molar-refractivity contribution < 1.29 is 14.5 Å². The molecule has 0 atom stereocenters. The number of nitro groups is 1. The molecule has 0 amide bonds. The van der Waals surface area contributed by atoms with E-state index in [0.29, 0.717) is 25.0 Å². The van der Waals surface area contributed by atoms with E-state index >= 15 is 0 Å². The Hall–Kier alpha value is -1.62. The van der Waals surface area contributed by atoms with Crippen LogP contribution in [0.3, 0.4) is 0 Å². The van der Waals surface area contributed by atoms with Gasteiger partial charge in [0.15, 0.2) is 0 Å². The maximum atomic E-state index is 11.8. The highest BCUT2D eigenvalue weighted by atomic mass is 35.5. The van der Waals surface area contributed by atoms with Gasteiger partial charge in [-0.15, -0.1) is 0 Å². The smallest absolute Gasteiger partial charge is 0.338 e. The molecule has 0 radical (unpaired) electrons. The number of hydrogen-bond acceptors (Lipinski definition) is 4. The summed E-state index contributed by atoms with van der Waals surface area (Å²) in [6, 6.07) is 2.73. The summed E-state index contributed by atoms with van der Waals surface area (Å²) in [4.78, 5) is 22.1. The lowest BCUT2D eigenvalue weighted by Gasteiger charge is -2.08. The molecular formula is C13H16ClNO4. The number of carbonyl (C=O) groups excluding carboxylic acids is 1. The summed E-state index contributed by atoms with van der Waals surface area (Å²) in [7, 11) is 0. The van der Waals surface area contributed by atoms with E-state index in [-0.39, 0.29) is 16.3 Å². The van der Waals surface area contributed by atoms with Crippen LogP contribution in [0.5, 0.6) is 0 Å². The summed E-state index contributed by atoms with van der Waals surface area (Å²) in [5, 5.41) is 11.0. The van der Waals surface area contributed by atoms with Crippen LogP contribution >= 0.6 is 11.6 Å². The standard InChI is InChI=1S/C13H16ClNO4/c1-3-5-9-7-10(13(16)19-6-4-2)8-11(12(9)14)15(17)18/h7-8H,3-6H2,1-2H3. The van der Waals surface area contributed by atoms with E-state index < -0.39 is 10.9 Å². The van der Waals surface area contributed by atoms with Crippen molar-refractivity contribution in [3.8, 4) is 0 Å². The van der Waals surface area contributed by atoms with Gasteiger partial charge >= 0.3 is 5.97 Å². The van der Waals surface area contributed by atoms with Gasteiger partial charge in [-0.3, -0.25) is 10.1 Å². The summed E-state index contributed by atoms with van der Waals surface area (Å²) < 4.78 is 4.98. The molecule has 0 fully saturated rings. The molecule has 104 valence electrons. The molecule has 6 heteroatoms. The first kappa shape index (κ1) is 15.4. The van der Waals surface area contributed by atoms with Crippen molar-refractivity contribution in [2.75, 3.05) is 6.61 Å². The van der Waals surface area contributed by atoms with Crippen LogP contribution in [0.2, 0.25) is 5.02 Å². The maximum absolute atomic E-state index is 11.8. The van der Waals surface area contributed by atoms with E-state index in [1.807, 2.05) is 13.8 Å². The molecule has 5 nitrogen and oxygen atoms in total. The predicted molar refractivity (Wildman–Crippen MR) is 72.7 cm³/mol. The quantitative estimate of drug-likeness (QED) is 0.453. The molecule has 0 N–H and O–H groups in total. The zero-order chi connectivity index (χ0) is 14.4. The Morgan fingerprint density at radius 3 is 2.58 bits per heavy atom. The number of carbonyl (C=O) groups is 1. The van der Waals surface area contributed by atoms with Gasteiger partial charge in [0.2, 0.25) is 0 Å². The lowest BCUT2D eigenvalue weighted by Crippen LogP contribution is -2.08. The van der Waals surface area contributed by atoms with Crippen LogP contribution in [0, 0.1) is 10.1 Å². The third kappa shape index (κ3) is 3.92. The highest BCUT2D eigenvalue weighted by molar-refractivity contribution is 6.33. The number of halogens is 1. The van der Waals surface area contributed by atoms with Gasteiger partial charge < -0.3 is 4.74 Å². The molecule has 0 heterocycles. The van der Waals surface area contributed by atoms with Crippen LogP contribution in [0.25, 0.3) is 0 Å². The van der Waals surface area contributed by atoms with Crippen LogP contribution in [-0.4, -0.2) is 17.5 Å². The van der Waals surface area contributed by atoms with Crippen LogP contribution in [0.4, 0.5) is 5.69 Å². The Labute approximate surface area is 116 Å². The predicted octanol–water partition coefficient (Wildman–Crippen LogP) is 3.77. The minimum absolute atomic E-state index is 0.0962. The summed E-state index contributed by atoms with van der Waals surface area (Å²) in [5.41, 5.74) is 0.519. The maximum Gasteiger partial charge on any atom is 0.338 e.